The van der Waals surface area contributed by atoms with Crippen molar-refractivity contribution in [1.29, 1.82) is 0 Å². The third-order valence-electron chi connectivity index (χ3n) is 10.7. The lowest BCUT2D eigenvalue weighted by Crippen LogP contribution is -2.79. The Hall–Kier alpha value is -4.00. The van der Waals surface area contributed by atoms with Gasteiger partial charge < -0.3 is 19.8 Å². The second kappa shape index (κ2) is 10.5. The molecule has 2 fully saturated rings. The van der Waals surface area contributed by atoms with Crippen molar-refractivity contribution in [2.45, 2.75) is 68.0 Å². The first-order chi connectivity index (χ1) is 21.4. The van der Waals surface area contributed by atoms with Crippen LogP contribution in [-0.2, 0) is 29.2 Å². The van der Waals surface area contributed by atoms with E-state index >= 15 is 0 Å². The zero-order valence-corrected chi connectivity index (χ0v) is 25.1. The summed E-state index contributed by atoms with van der Waals surface area (Å²) in [7, 11) is 1.66. The van der Waals surface area contributed by atoms with Crippen LogP contribution in [0.4, 0.5) is 13.2 Å². The number of likely N-dealkylation sites (tertiary alicyclic amines) is 1. The van der Waals surface area contributed by atoms with Gasteiger partial charge in [0.1, 0.15) is 6.10 Å². The first kappa shape index (κ1) is 29.7. The van der Waals surface area contributed by atoms with Gasteiger partial charge in [-0.1, -0.05) is 49.2 Å². The van der Waals surface area contributed by atoms with E-state index in [2.05, 4.69) is 28.9 Å². The molecule has 2 N–H and O–H groups in total. The van der Waals surface area contributed by atoms with E-state index in [1.54, 1.807) is 18.0 Å². The minimum absolute atomic E-state index is 0.0207. The highest BCUT2D eigenvalue weighted by atomic mass is 19.4. The normalized spacial score (nSPS) is 29.6. The van der Waals surface area contributed by atoms with E-state index in [1.807, 2.05) is 31.2 Å². The molecular formula is C36H35F3N2O4. The van der Waals surface area contributed by atoms with Crippen molar-refractivity contribution >= 4 is 5.91 Å². The molecule has 0 aromatic heterocycles. The topological polar surface area (TPSA) is 73.2 Å². The van der Waals surface area contributed by atoms with Gasteiger partial charge in [0.2, 0.25) is 0 Å². The fourth-order valence-corrected chi connectivity index (χ4v) is 8.74. The van der Waals surface area contributed by atoms with Crippen molar-refractivity contribution in [3.05, 3.63) is 94.5 Å². The standard InChI is InChI=1S/C36H35F3N2O4/c1-22-21-35(44)28-20-25-11-14-27(42)32-30(25)34(35,17-19-41(28)18-16-23-6-4-3-5-7-23)33(45-32)31(22)40(2)29(43)15-10-24-8-12-26(13-9-24)36(37,38)39/h3-9,11-14,22,28,31,33,42,44H,16-21H2,1-2H3/t22-,28-,31+,33+,34+,35-/m1/s1. The quantitative estimate of drug-likeness (QED) is 0.407. The fraction of sp³-hybridized carbons (Fsp3) is 0.417. The summed E-state index contributed by atoms with van der Waals surface area (Å²) in [6.45, 7) is 3.55. The number of ether oxygens (including phenoxy) is 1. The van der Waals surface area contributed by atoms with E-state index in [0.717, 1.165) is 42.8 Å². The van der Waals surface area contributed by atoms with Gasteiger partial charge in [0.15, 0.2) is 11.5 Å². The average Bonchev–Trinajstić information content (AvgIpc) is 3.36. The summed E-state index contributed by atoms with van der Waals surface area (Å²) in [5.41, 5.74) is 0.698. The van der Waals surface area contributed by atoms with E-state index in [9.17, 15) is 28.2 Å². The summed E-state index contributed by atoms with van der Waals surface area (Å²) < 4.78 is 45.5. The van der Waals surface area contributed by atoms with Crippen LogP contribution in [0.3, 0.4) is 0 Å². The number of phenols is 1. The molecular weight excluding hydrogens is 581 g/mol. The van der Waals surface area contributed by atoms with Crippen molar-refractivity contribution in [2.75, 3.05) is 20.1 Å². The van der Waals surface area contributed by atoms with E-state index in [4.69, 9.17) is 4.74 Å². The van der Waals surface area contributed by atoms with Crippen LogP contribution in [0, 0.1) is 17.8 Å². The molecule has 2 heterocycles. The van der Waals surface area contributed by atoms with Crippen molar-refractivity contribution in [1.82, 2.24) is 9.80 Å². The van der Waals surface area contributed by atoms with Crippen LogP contribution in [-0.4, -0.2) is 69.8 Å². The van der Waals surface area contributed by atoms with Crippen molar-refractivity contribution in [3.63, 3.8) is 0 Å². The third-order valence-corrected chi connectivity index (χ3v) is 10.7. The minimum atomic E-state index is -4.45. The predicted molar refractivity (Wildman–Crippen MR) is 162 cm³/mol. The number of benzene rings is 3. The smallest absolute Gasteiger partial charge is 0.416 e. The number of hydrogen-bond acceptors (Lipinski definition) is 5. The number of piperidine rings is 1. The molecule has 1 saturated carbocycles. The molecule has 3 aromatic carbocycles. The molecule has 1 amide bonds. The maximum absolute atomic E-state index is 13.5. The first-order valence-corrected chi connectivity index (χ1v) is 15.4. The lowest BCUT2D eigenvalue weighted by molar-refractivity contribution is -0.211. The highest BCUT2D eigenvalue weighted by molar-refractivity contribution is 5.94. The van der Waals surface area contributed by atoms with Crippen LogP contribution >= 0.6 is 0 Å². The average molecular weight is 617 g/mol. The van der Waals surface area contributed by atoms with Crippen LogP contribution in [0.2, 0.25) is 0 Å². The molecule has 234 valence electrons. The molecule has 0 radical (unpaired) electrons. The minimum Gasteiger partial charge on any atom is -0.504 e. The molecule has 6 atom stereocenters. The maximum Gasteiger partial charge on any atom is 0.416 e. The number of hydrogen-bond donors (Lipinski definition) is 2. The molecule has 9 heteroatoms. The number of halogens is 3. The highest BCUT2D eigenvalue weighted by Crippen LogP contribution is 2.66. The Labute approximate surface area is 260 Å². The molecule has 2 aliphatic heterocycles. The Morgan fingerprint density at radius 2 is 1.84 bits per heavy atom. The Morgan fingerprint density at radius 1 is 1.11 bits per heavy atom. The SMILES string of the molecule is C[C@@H]1C[C@@]2(O)[C@H]3Cc4ccc(O)c5c4[C@@]2(CCN3CCc2ccccc2)[C@@H](O5)[C@H]1N(C)C(=O)C#Cc1ccc(C(F)(F)F)cc1. The number of amides is 1. The second-order valence-electron chi connectivity index (χ2n) is 13.0. The molecule has 45 heavy (non-hydrogen) atoms. The Bertz CT molecular complexity index is 1700. The molecule has 6 nitrogen and oxygen atoms in total. The fourth-order valence-electron chi connectivity index (χ4n) is 8.74. The number of rotatable bonds is 4. The van der Waals surface area contributed by atoms with Crippen LogP contribution in [0.5, 0.6) is 11.5 Å². The number of aromatic hydroxyl groups is 1. The Balaban J connectivity index is 1.21. The molecule has 1 saturated heterocycles. The van der Waals surface area contributed by atoms with Gasteiger partial charge in [-0.15, -0.1) is 0 Å². The number of carbonyl (C=O) groups excluding carboxylic acids is 1. The lowest BCUT2D eigenvalue weighted by Gasteiger charge is -2.66. The van der Waals surface area contributed by atoms with Crippen molar-refractivity contribution < 1.29 is 32.9 Å². The van der Waals surface area contributed by atoms with Gasteiger partial charge in [-0.3, -0.25) is 9.69 Å². The van der Waals surface area contributed by atoms with Gasteiger partial charge in [-0.25, -0.2) is 0 Å². The van der Waals surface area contributed by atoms with E-state index < -0.39 is 40.8 Å². The van der Waals surface area contributed by atoms with E-state index in [-0.39, 0.29) is 17.7 Å². The number of phenolic OH excluding ortho intramolecular Hbond substituents is 1. The lowest BCUT2D eigenvalue weighted by atomic mass is 9.46. The van der Waals surface area contributed by atoms with E-state index in [0.29, 0.717) is 30.6 Å². The first-order valence-electron chi connectivity index (χ1n) is 15.4. The predicted octanol–water partition coefficient (Wildman–Crippen LogP) is 4.93. The van der Waals surface area contributed by atoms with Gasteiger partial charge in [0.25, 0.3) is 5.91 Å². The third kappa shape index (κ3) is 4.52. The molecule has 4 aliphatic rings. The van der Waals surface area contributed by atoms with E-state index in [1.165, 1.54) is 17.7 Å². The summed E-state index contributed by atoms with van der Waals surface area (Å²) in [6.07, 6.45) is -2.54. The molecule has 2 aliphatic carbocycles. The number of likely N-dealkylation sites (N-methyl/N-ethyl adjacent to an activating group) is 1. The number of aliphatic hydroxyl groups is 1. The van der Waals surface area contributed by atoms with Gasteiger partial charge in [0, 0.05) is 36.7 Å². The van der Waals surface area contributed by atoms with Crippen molar-refractivity contribution in [3.8, 4) is 23.3 Å². The molecule has 7 rings (SSSR count). The van der Waals surface area contributed by atoms with Gasteiger partial charge in [-0.05, 0) is 79.6 Å². The van der Waals surface area contributed by atoms with Crippen LogP contribution in [0.1, 0.15) is 47.6 Å². The molecule has 0 unspecified atom stereocenters. The second-order valence-corrected chi connectivity index (χ2v) is 13.0. The molecule has 1 spiro atoms. The van der Waals surface area contributed by atoms with Gasteiger partial charge in [-0.2, -0.15) is 13.2 Å². The highest BCUT2D eigenvalue weighted by Gasteiger charge is 2.74. The monoisotopic (exact) mass is 616 g/mol. The van der Waals surface area contributed by atoms with Crippen LogP contribution < -0.4 is 4.74 Å². The number of carbonyl (C=O) groups is 1. The number of alkyl halides is 3. The summed E-state index contributed by atoms with van der Waals surface area (Å²) in [6, 6.07) is 17.7. The maximum atomic E-state index is 13.5. The van der Waals surface area contributed by atoms with Crippen LogP contribution in [0.15, 0.2) is 66.7 Å². The Kier molecular flexibility index (Phi) is 6.95. The molecule has 3 aromatic rings. The molecule has 2 bridgehead atoms. The van der Waals surface area contributed by atoms with Crippen molar-refractivity contribution in [2.24, 2.45) is 5.92 Å². The van der Waals surface area contributed by atoms with Gasteiger partial charge in [0.05, 0.1) is 22.6 Å². The summed E-state index contributed by atoms with van der Waals surface area (Å²) in [4.78, 5) is 17.5. The Morgan fingerprint density at radius 3 is 2.56 bits per heavy atom. The summed E-state index contributed by atoms with van der Waals surface area (Å²) in [5.74, 6) is 5.06. The zero-order valence-electron chi connectivity index (χ0n) is 25.1. The largest absolute Gasteiger partial charge is 0.504 e. The van der Waals surface area contributed by atoms with Gasteiger partial charge >= 0.3 is 6.18 Å². The summed E-state index contributed by atoms with van der Waals surface area (Å²) in [5, 5.41) is 23.8. The number of nitrogens with zero attached hydrogens (tertiary/aromatic N) is 2. The zero-order chi connectivity index (χ0) is 31.7. The van der Waals surface area contributed by atoms with Crippen LogP contribution in [0.25, 0.3) is 0 Å². The summed E-state index contributed by atoms with van der Waals surface area (Å²) >= 11 is 0.